The monoisotopic (exact) mass is 277 g/mol. The second-order valence-corrected chi connectivity index (χ2v) is 4.84. The van der Waals surface area contributed by atoms with Crippen molar-refractivity contribution in [3.63, 3.8) is 0 Å². The minimum absolute atomic E-state index is 0.0281. The second-order valence-electron chi connectivity index (χ2n) is 3.89. The van der Waals surface area contributed by atoms with E-state index < -0.39 is 5.97 Å². The predicted octanol–water partition coefficient (Wildman–Crippen LogP) is 2.75. The van der Waals surface area contributed by atoms with Crippen molar-refractivity contribution >= 4 is 23.1 Å². The van der Waals surface area contributed by atoms with Crippen LogP contribution < -0.4 is 4.90 Å². The molecule has 0 aliphatic carbocycles. The third-order valence-electron chi connectivity index (χ3n) is 2.76. The topological polar surface area (TPSA) is 66.3 Å². The van der Waals surface area contributed by atoms with Crippen LogP contribution in [0.2, 0.25) is 0 Å². The van der Waals surface area contributed by atoms with Crippen molar-refractivity contribution < 1.29 is 9.90 Å². The quantitative estimate of drug-likeness (QED) is 0.910. The zero-order chi connectivity index (χ0) is 13.8. The molecule has 0 unspecified atom stereocenters. The van der Waals surface area contributed by atoms with E-state index in [-0.39, 0.29) is 5.69 Å². The molecule has 0 amide bonds. The first-order valence-corrected chi connectivity index (χ1v) is 6.94. The molecule has 0 fully saturated rings. The van der Waals surface area contributed by atoms with Crippen molar-refractivity contribution in [2.24, 2.45) is 0 Å². The summed E-state index contributed by atoms with van der Waals surface area (Å²) < 4.78 is 0. The number of hydrogen-bond donors (Lipinski definition) is 1. The van der Waals surface area contributed by atoms with Gasteiger partial charge in [0.15, 0.2) is 11.5 Å². The fourth-order valence-corrected chi connectivity index (χ4v) is 2.43. The van der Waals surface area contributed by atoms with Crippen LogP contribution >= 0.6 is 11.3 Å². The van der Waals surface area contributed by atoms with Gasteiger partial charge in [0.05, 0.1) is 4.88 Å². The Bertz CT molecular complexity index is 565. The van der Waals surface area contributed by atoms with Gasteiger partial charge >= 0.3 is 5.97 Å². The molecule has 2 rings (SSSR count). The molecule has 2 aromatic heterocycles. The number of nitrogens with zero attached hydrogens (tertiary/aromatic N) is 3. The normalized spacial score (nSPS) is 10.4. The molecule has 0 radical (unpaired) electrons. The van der Waals surface area contributed by atoms with Gasteiger partial charge in [-0.25, -0.2) is 14.8 Å². The van der Waals surface area contributed by atoms with Gasteiger partial charge < -0.3 is 10.0 Å². The molecule has 19 heavy (non-hydrogen) atoms. The lowest BCUT2D eigenvalue weighted by molar-refractivity contribution is 0.0690. The lowest BCUT2D eigenvalue weighted by atomic mass is 10.3. The highest BCUT2D eigenvalue weighted by atomic mass is 32.1. The van der Waals surface area contributed by atoms with Crippen LogP contribution in [-0.2, 0) is 0 Å². The molecule has 2 heterocycles. The molecule has 0 atom stereocenters. The standard InChI is InChI=1S/C13H15N3O2S/c1-3-16(4-2)11-8-9(13(17)18)14-12(15-11)10-6-5-7-19-10/h5-8H,3-4H2,1-2H3,(H,17,18). The van der Waals surface area contributed by atoms with Crippen LogP contribution in [0.25, 0.3) is 10.7 Å². The molecule has 0 saturated carbocycles. The average molecular weight is 277 g/mol. The number of hydrogen-bond acceptors (Lipinski definition) is 5. The maximum atomic E-state index is 11.2. The molecular formula is C13H15N3O2S. The highest BCUT2D eigenvalue weighted by Crippen LogP contribution is 2.24. The molecule has 0 aromatic carbocycles. The molecule has 100 valence electrons. The minimum Gasteiger partial charge on any atom is -0.477 e. The summed E-state index contributed by atoms with van der Waals surface area (Å²) in [7, 11) is 0. The van der Waals surface area contributed by atoms with Crippen LogP contribution in [0.15, 0.2) is 23.6 Å². The van der Waals surface area contributed by atoms with Crippen molar-refractivity contribution in [1.82, 2.24) is 9.97 Å². The van der Waals surface area contributed by atoms with E-state index in [1.165, 1.54) is 17.4 Å². The molecule has 0 spiro atoms. The van der Waals surface area contributed by atoms with E-state index >= 15 is 0 Å². The van der Waals surface area contributed by atoms with Crippen molar-refractivity contribution in [3.05, 3.63) is 29.3 Å². The van der Waals surface area contributed by atoms with E-state index in [0.717, 1.165) is 18.0 Å². The Labute approximate surface area is 115 Å². The number of carboxylic acid groups (broad SMARTS) is 1. The second kappa shape index (κ2) is 5.79. The number of carboxylic acids is 1. The molecule has 0 aliphatic heterocycles. The minimum atomic E-state index is -1.03. The first kappa shape index (κ1) is 13.5. The van der Waals surface area contributed by atoms with Crippen LogP contribution in [0.1, 0.15) is 24.3 Å². The van der Waals surface area contributed by atoms with Gasteiger partial charge in [0.1, 0.15) is 5.82 Å². The van der Waals surface area contributed by atoms with Gasteiger partial charge in [0, 0.05) is 19.2 Å². The Balaban J connectivity index is 2.52. The summed E-state index contributed by atoms with van der Waals surface area (Å²) in [6, 6.07) is 5.30. The van der Waals surface area contributed by atoms with Crippen LogP contribution in [0, 0.1) is 0 Å². The molecule has 6 heteroatoms. The maximum Gasteiger partial charge on any atom is 0.354 e. The smallest absolute Gasteiger partial charge is 0.354 e. The van der Waals surface area contributed by atoms with Crippen LogP contribution in [0.3, 0.4) is 0 Å². The first-order valence-electron chi connectivity index (χ1n) is 6.06. The molecule has 5 nitrogen and oxygen atoms in total. The van der Waals surface area contributed by atoms with Gasteiger partial charge in [0.2, 0.25) is 0 Å². The van der Waals surface area contributed by atoms with Crippen molar-refractivity contribution in [3.8, 4) is 10.7 Å². The summed E-state index contributed by atoms with van der Waals surface area (Å²) in [6.07, 6.45) is 0. The maximum absolute atomic E-state index is 11.2. The van der Waals surface area contributed by atoms with Crippen molar-refractivity contribution in [2.45, 2.75) is 13.8 Å². The zero-order valence-electron chi connectivity index (χ0n) is 10.8. The summed E-state index contributed by atoms with van der Waals surface area (Å²) in [5.41, 5.74) is 0.0281. The van der Waals surface area contributed by atoms with Crippen molar-refractivity contribution in [1.29, 1.82) is 0 Å². The summed E-state index contributed by atoms with van der Waals surface area (Å²) in [6.45, 7) is 5.57. The number of carbonyl (C=O) groups is 1. The Morgan fingerprint density at radius 2 is 2.11 bits per heavy atom. The summed E-state index contributed by atoms with van der Waals surface area (Å²) in [5, 5.41) is 11.1. The van der Waals surface area contributed by atoms with Gasteiger partial charge in [-0.2, -0.15) is 0 Å². The molecule has 0 saturated heterocycles. The van der Waals surface area contributed by atoms with E-state index in [0.29, 0.717) is 11.6 Å². The molecule has 0 bridgehead atoms. The van der Waals surface area contributed by atoms with E-state index in [9.17, 15) is 4.79 Å². The van der Waals surface area contributed by atoms with Gasteiger partial charge in [0.25, 0.3) is 0 Å². The zero-order valence-corrected chi connectivity index (χ0v) is 11.6. The lowest BCUT2D eigenvalue weighted by Gasteiger charge is -2.20. The van der Waals surface area contributed by atoms with E-state index in [1.54, 1.807) is 0 Å². The largest absolute Gasteiger partial charge is 0.477 e. The summed E-state index contributed by atoms with van der Waals surface area (Å²) in [4.78, 5) is 22.6. The summed E-state index contributed by atoms with van der Waals surface area (Å²) in [5.74, 6) is 0.0891. The fourth-order valence-electron chi connectivity index (χ4n) is 1.77. The molecule has 2 aromatic rings. The SMILES string of the molecule is CCN(CC)c1cc(C(=O)O)nc(-c2cccs2)n1. The first-order chi connectivity index (χ1) is 9.15. The van der Waals surface area contributed by atoms with Crippen molar-refractivity contribution in [2.75, 3.05) is 18.0 Å². The number of aromatic carboxylic acids is 1. The third kappa shape index (κ3) is 2.90. The van der Waals surface area contributed by atoms with Gasteiger partial charge in [-0.15, -0.1) is 11.3 Å². The Kier molecular flexibility index (Phi) is 4.11. The van der Waals surface area contributed by atoms with Crippen LogP contribution in [-0.4, -0.2) is 34.1 Å². The van der Waals surface area contributed by atoms with Crippen LogP contribution in [0.5, 0.6) is 0 Å². The number of rotatable bonds is 5. The Morgan fingerprint density at radius 3 is 2.63 bits per heavy atom. The van der Waals surface area contributed by atoms with Crippen LogP contribution in [0.4, 0.5) is 5.82 Å². The van der Waals surface area contributed by atoms with E-state index in [4.69, 9.17) is 5.11 Å². The lowest BCUT2D eigenvalue weighted by Crippen LogP contribution is -2.24. The van der Waals surface area contributed by atoms with Gasteiger partial charge in [-0.05, 0) is 25.3 Å². The molecule has 1 N–H and O–H groups in total. The number of aromatic nitrogens is 2. The summed E-state index contributed by atoms with van der Waals surface area (Å²) >= 11 is 1.50. The average Bonchev–Trinajstić information content (AvgIpc) is 2.93. The Hall–Kier alpha value is -1.95. The Morgan fingerprint density at radius 1 is 1.37 bits per heavy atom. The molecule has 0 aliphatic rings. The van der Waals surface area contributed by atoms with Gasteiger partial charge in [-0.3, -0.25) is 0 Å². The highest BCUT2D eigenvalue weighted by Gasteiger charge is 2.14. The molecular weight excluding hydrogens is 262 g/mol. The third-order valence-corrected chi connectivity index (χ3v) is 3.63. The van der Waals surface area contributed by atoms with Gasteiger partial charge in [-0.1, -0.05) is 6.07 Å². The predicted molar refractivity (Wildman–Crippen MR) is 75.9 cm³/mol. The van der Waals surface area contributed by atoms with E-state index in [1.807, 2.05) is 36.3 Å². The highest BCUT2D eigenvalue weighted by molar-refractivity contribution is 7.13. The van der Waals surface area contributed by atoms with E-state index in [2.05, 4.69) is 9.97 Å². The fraction of sp³-hybridized carbons (Fsp3) is 0.308. The number of thiophene rings is 1. The number of anilines is 1.